The van der Waals surface area contributed by atoms with Gasteiger partial charge < -0.3 is 45.1 Å². The van der Waals surface area contributed by atoms with Gasteiger partial charge in [-0.3, -0.25) is 9.59 Å². The number of amides is 1. The van der Waals surface area contributed by atoms with Crippen molar-refractivity contribution in [3.8, 4) is 0 Å². The molecule has 0 saturated carbocycles. The van der Waals surface area contributed by atoms with Gasteiger partial charge in [-0.1, -0.05) is 286 Å². The van der Waals surface area contributed by atoms with Crippen LogP contribution in [0.3, 0.4) is 0 Å². The molecule has 1 saturated heterocycles. The highest BCUT2D eigenvalue weighted by Crippen LogP contribution is 2.23. The van der Waals surface area contributed by atoms with Crippen molar-refractivity contribution in [1.82, 2.24) is 5.32 Å². The van der Waals surface area contributed by atoms with Gasteiger partial charge >= 0.3 is 5.97 Å². The number of carbonyl (C=O) groups excluding carboxylic acids is 2. The van der Waals surface area contributed by atoms with E-state index >= 15 is 0 Å². The lowest BCUT2D eigenvalue weighted by molar-refractivity contribution is -0.302. The van der Waals surface area contributed by atoms with Crippen molar-refractivity contribution >= 4 is 11.9 Å². The van der Waals surface area contributed by atoms with Gasteiger partial charge in [-0.15, -0.1) is 0 Å². The van der Waals surface area contributed by atoms with Crippen LogP contribution in [0, 0.1) is 0 Å². The van der Waals surface area contributed by atoms with Gasteiger partial charge in [0.05, 0.1) is 32.0 Å². The monoisotopic (exact) mass is 1170 g/mol. The molecule has 0 bridgehead atoms. The van der Waals surface area contributed by atoms with E-state index in [4.69, 9.17) is 14.2 Å². The first-order valence-electron chi connectivity index (χ1n) is 35.0. The highest BCUT2D eigenvalue weighted by Gasteiger charge is 2.44. The number of esters is 1. The van der Waals surface area contributed by atoms with E-state index in [1.807, 2.05) is 19.1 Å². The largest absolute Gasteiger partial charge is 0.466 e. The van der Waals surface area contributed by atoms with Gasteiger partial charge in [-0.2, -0.15) is 0 Å². The van der Waals surface area contributed by atoms with E-state index in [-0.39, 0.29) is 18.5 Å². The third-order valence-corrected chi connectivity index (χ3v) is 16.4. The van der Waals surface area contributed by atoms with Crippen molar-refractivity contribution in [2.75, 3.05) is 19.8 Å². The molecule has 1 heterocycles. The highest BCUT2D eigenvalue weighted by molar-refractivity contribution is 5.76. The summed E-state index contributed by atoms with van der Waals surface area (Å²) in [6, 6.07) is -0.834. The van der Waals surface area contributed by atoms with Crippen LogP contribution in [0.25, 0.3) is 0 Å². The zero-order valence-electron chi connectivity index (χ0n) is 53.7. The number of ether oxygens (including phenoxy) is 3. The fourth-order valence-electron chi connectivity index (χ4n) is 10.9. The van der Waals surface area contributed by atoms with Crippen LogP contribution in [-0.4, -0.2) is 100 Å². The molecule has 0 aromatic rings. The molecule has 83 heavy (non-hydrogen) atoms. The Hall–Kier alpha value is -2.64. The second-order valence-electron chi connectivity index (χ2n) is 24.2. The number of rotatable bonds is 61. The van der Waals surface area contributed by atoms with Gasteiger partial charge in [0.25, 0.3) is 0 Å². The Kier molecular flexibility index (Phi) is 57.6. The molecule has 1 aliphatic rings. The first-order chi connectivity index (χ1) is 40.7. The Morgan fingerprint density at radius 1 is 0.470 bits per heavy atom. The van der Waals surface area contributed by atoms with Gasteiger partial charge in [0.1, 0.15) is 24.4 Å². The Morgan fingerprint density at radius 3 is 1.33 bits per heavy atom. The zero-order chi connectivity index (χ0) is 60.2. The summed E-state index contributed by atoms with van der Waals surface area (Å²) in [5, 5.41) is 54.2. The minimum atomic E-state index is -1.58. The Balaban J connectivity index is 1.93. The molecule has 11 heteroatoms. The van der Waals surface area contributed by atoms with E-state index in [0.717, 1.165) is 70.6 Å². The Morgan fingerprint density at radius 2 is 0.867 bits per heavy atom. The molecule has 1 aliphatic heterocycles. The topological polar surface area (TPSA) is 175 Å². The van der Waals surface area contributed by atoms with Gasteiger partial charge in [-0.05, 0) is 84.0 Å². The SMILES string of the molecule is C/C=C/CC/C=C/CC/C=C/C(O)C(COC1OC(CO)C(O)C(O)C1O)NC(=O)CCCCCCCCCCCCCCCCC/C=C\C/C=C\CCCCCCCCCCCOC(=O)CCCCCCCCCCCCCCCCC. The van der Waals surface area contributed by atoms with E-state index in [1.165, 1.54) is 225 Å². The molecule has 0 radical (unpaired) electrons. The molecule has 1 fully saturated rings. The lowest BCUT2D eigenvalue weighted by Crippen LogP contribution is -2.60. The minimum Gasteiger partial charge on any atom is -0.466 e. The van der Waals surface area contributed by atoms with Crippen LogP contribution in [-0.2, 0) is 23.8 Å². The van der Waals surface area contributed by atoms with Crippen molar-refractivity contribution in [1.29, 1.82) is 0 Å². The molecule has 0 aliphatic carbocycles. The van der Waals surface area contributed by atoms with Gasteiger partial charge in [-0.25, -0.2) is 0 Å². The number of hydrogen-bond donors (Lipinski definition) is 6. The van der Waals surface area contributed by atoms with Crippen LogP contribution in [0.15, 0.2) is 60.8 Å². The third kappa shape index (κ3) is 50.1. The van der Waals surface area contributed by atoms with E-state index in [9.17, 15) is 35.1 Å². The summed E-state index contributed by atoms with van der Waals surface area (Å²) in [5.41, 5.74) is 0. The van der Waals surface area contributed by atoms with E-state index in [0.29, 0.717) is 19.4 Å². The van der Waals surface area contributed by atoms with E-state index < -0.39 is 49.5 Å². The fraction of sp³-hybridized carbons (Fsp3) is 0.833. The van der Waals surface area contributed by atoms with Crippen LogP contribution in [0.2, 0.25) is 0 Å². The number of aliphatic hydroxyl groups excluding tert-OH is 5. The van der Waals surface area contributed by atoms with Crippen LogP contribution >= 0.6 is 0 Å². The average molecular weight is 1170 g/mol. The predicted octanol–water partition coefficient (Wildman–Crippen LogP) is 17.7. The van der Waals surface area contributed by atoms with Crippen LogP contribution in [0.4, 0.5) is 0 Å². The van der Waals surface area contributed by atoms with Crippen molar-refractivity contribution in [2.45, 2.75) is 365 Å². The summed E-state index contributed by atoms with van der Waals surface area (Å²) in [7, 11) is 0. The molecule has 0 aromatic heterocycles. The van der Waals surface area contributed by atoms with Crippen LogP contribution in [0.5, 0.6) is 0 Å². The maximum atomic E-state index is 13.0. The molecule has 484 valence electrons. The van der Waals surface area contributed by atoms with Gasteiger partial charge in [0.2, 0.25) is 5.91 Å². The van der Waals surface area contributed by atoms with E-state index in [1.54, 1.807) is 6.08 Å². The molecular weight excluding hydrogens is 1040 g/mol. The molecule has 1 amide bonds. The van der Waals surface area contributed by atoms with Crippen molar-refractivity contribution in [2.24, 2.45) is 0 Å². The van der Waals surface area contributed by atoms with Crippen molar-refractivity contribution < 1.29 is 49.3 Å². The molecule has 0 spiro atoms. The normalized spacial score (nSPS) is 18.5. The van der Waals surface area contributed by atoms with Gasteiger partial charge in [0.15, 0.2) is 6.29 Å². The summed E-state index contributed by atoms with van der Waals surface area (Å²) in [6.45, 7) is 4.11. The predicted molar refractivity (Wildman–Crippen MR) is 347 cm³/mol. The number of hydrogen-bond acceptors (Lipinski definition) is 10. The molecule has 7 unspecified atom stereocenters. The summed E-state index contributed by atoms with van der Waals surface area (Å²) in [4.78, 5) is 25.1. The molecular formula is C72H131NO10. The molecule has 6 N–H and O–H groups in total. The number of carbonyl (C=O) groups is 2. The molecule has 7 atom stereocenters. The molecule has 11 nitrogen and oxygen atoms in total. The van der Waals surface area contributed by atoms with Crippen molar-refractivity contribution in [3.63, 3.8) is 0 Å². The summed E-state index contributed by atoms with van der Waals surface area (Å²) < 4.78 is 16.7. The highest BCUT2D eigenvalue weighted by atomic mass is 16.7. The third-order valence-electron chi connectivity index (χ3n) is 16.4. The maximum absolute atomic E-state index is 13.0. The van der Waals surface area contributed by atoms with Crippen LogP contribution < -0.4 is 5.32 Å². The number of aliphatic hydroxyl groups is 5. The lowest BCUT2D eigenvalue weighted by Gasteiger charge is -2.40. The molecule has 1 rings (SSSR count). The van der Waals surface area contributed by atoms with Gasteiger partial charge in [0, 0.05) is 12.8 Å². The zero-order valence-corrected chi connectivity index (χ0v) is 53.7. The summed E-state index contributed by atoms with van der Waals surface area (Å²) in [5.74, 6) is -0.191. The second kappa shape index (κ2) is 61.0. The Bertz CT molecular complexity index is 1560. The summed E-state index contributed by atoms with van der Waals surface area (Å²) >= 11 is 0. The lowest BCUT2D eigenvalue weighted by atomic mass is 9.99. The fourth-order valence-corrected chi connectivity index (χ4v) is 10.9. The maximum Gasteiger partial charge on any atom is 0.305 e. The Labute approximate surface area is 509 Å². The second-order valence-corrected chi connectivity index (χ2v) is 24.2. The standard InChI is InChI=1S/C72H131NO10/c1-3-5-7-9-11-13-14-15-33-37-40-44-48-52-56-60-68(77)81-61-57-53-49-45-41-38-35-32-30-28-26-24-22-20-18-16-17-19-21-23-25-27-29-31-34-36-39-43-47-51-55-59-67(76)73-64(65(75)58-54-50-46-42-12-10-8-6-4-2)63-82-72-71(80)70(79)69(78)66(62-74)83-72/h4,6,12,18,20,24,26,42,54,58,64-66,69-72,74-75,78-80H,3,5,7-11,13-17,19,21-23,25,27-41,43-53,55-57,59-63H2,1-2H3,(H,73,76)/b6-4+,20-18-,26-24-,42-12+,58-54+. The van der Waals surface area contributed by atoms with Crippen molar-refractivity contribution in [3.05, 3.63) is 60.8 Å². The average Bonchev–Trinajstić information content (AvgIpc) is 3.57. The van der Waals surface area contributed by atoms with Crippen LogP contribution in [0.1, 0.15) is 322 Å². The smallest absolute Gasteiger partial charge is 0.305 e. The molecule has 0 aromatic carbocycles. The number of unbranched alkanes of at least 4 members (excludes halogenated alkanes) is 40. The first-order valence-corrected chi connectivity index (χ1v) is 35.0. The quantitative estimate of drug-likeness (QED) is 0.0195. The number of nitrogens with one attached hydrogen (secondary N) is 1. The summed E-state index contributed by atoms with van der Waals surface area (Å²) in [6.07, 6.45) is 71.1. The number of allylic oxidation sites excluding steroid dienone is 9. The minimum absolute atomic E-state index is 0.00750. The van der Waals surface area contributed by atoms with E-state index in [2.05, 4.69) is 54.8 Å². The first kappa shape index (κ1) is 78.4.